The highest BCUT2D eigenvalue weighted by molar-refractivity contribution is 5.84. The van der Waals surface area contributed by atoms with Crippen LogP contribution in [-0.2, 0) is 0 Å². The Kier molecular flexibility index (Phi) is 3.07. The minimum Gasteiger partial charge on any atom is -0.463 e. The third-order valence-electron chi connectivity index (χ3n) is 2.95. The van der Waals surface area contributed by atoms with Gasteiger partial charge in [0.1, 0.15) is 11.4 Å². The lowest BCUT2D eigenvalue weighted by Crippen LogP contribution is -2.00. The summed E-state index contributed by atoms with van der Waals surface area (Å²) in [5.74, 6) is 0.425. The molecule has 0 radical (unpaired) electrons. The van der Waals surface area contributed by atoms with Gasteiger partial charge in [0.2, 0.25) is 0 Å². The van der Waals surface area contributed by atoms with E-state index in [4.69, 9.17) is 4.42 Å². The molecule has 0 bridgehead atoms. The van der Waals surface area contributed by atoms with Crippen LogP contribution in [0.4, 0.5) is 5.69 Å². The van der Waals surface area contributed by atoms with Crippen LogP contribution in [0.15, 0.2) is 53.3 Å². The van der Waals surface area contributed by atoms with Crippen molar-refractivity contribution in [1.29, 1.82) is 0 Å². The van der Waals surface area contributed by atoms with Gasteiger partial charge in [-0.3, -0.25) is 14.9 Å². The molecule has 104 valence electrons. The fraction of sp³-hybridized carbons (Fsp3) is 0. The van der Waals surface area contributed by atoms with Crippen molar-refractivity contribution in [2.45, 2.75) is 0 Å². The van der Waals surface area contributed by atoms with Crippen LogP contribution in [-0.4, -0.2) is 21.0 Å². The number of nitro benzene ring substituents is 1. The first-order valence-corrected chi connectivity index (χ1v) is 6.03. The third kappa shape index (κ3) is 2.20. The zero-order valence-corrected chi connectivity index (χ0v) is 10.7. The number of aldehydes is 1. The number of carbonyl (C=O) groups is 1. The first kappa shape index (κ1) is 12.8. The van der Waals surface area contributed by atoms with Crippen molar-refractivity contribution in [3.05, 3.63) is 64.5 Å². The van der Waals surface area contributed by atoms with E-state index < -0.39 is 4.92 Å². The molecule has 0 spiro atoms. The van der Waals surface area contributed by atoms with E-state index in [1.54, 1.807) is 30.3 Å². The van der Waals surface area contributed by atoms with Crippen molar-refractivity contribution < 1.29 is 14.1 Å². The van der Waals surface area contributed by atoms with Crippen molar-refractivity contribution in [2.24, 2.45) is 0 Å². The van der Waals surface area contributed by atoms with Gasteiger partial charge in [-0.2, -0.15) is 5.10 Å². The summed E-state index contributed by atoms with van der Waals surface area (Å²) in [5, 5.41) is 15.3. The summed E-state index contributed by atoms with van der Waals surface area (Å²) in [6, 6.07) is 9.51. The largest absolute Gasteiger partial charge is 0.463 e. The molecule has 7 nitrogen and oxygen atoms in total. The van der Waals surface area contributed by atoms with Crippen molar-refractivity contribution in [2.75, 3.05) is 0 Å². The number of aromatic nitrogens is 2. The number of nitrogens with zero attached hydrogens (tertiary/aromatic N) is 3. The first-order valence-electron chi connectivity index (χ1n) is 6.03. The zero-order chi connectivity index (χ0) is 14.8. The molecule has 3 aromatic rings. The van der Waals surface area contributed by atoms with Crippen molar-refractivity contribution in [3.8, 4) is 17.1 Å². The lowest BCUT2D eigenvalue weighted by atomic mass is 10.2. The minimum atomic E-state index is -0.496. The molecule has 0 aliphatic heterocycles. The van der Waals surface area contributed by atoms with Gasteiger partial charge in [0.15, 0.2) is 12.0 Å². The van der Waals surface area contributed by atoms with E-state index in [-0.39, 0.29) is 11.4 Å². The quantitative estimate of drug-likeness (QED) is 0.417. The molecule has 0 aliphatic carbocycles. The first-order chi connectivity index (χ1) is 10.2. The molecule has 3 rings (SSSR count). The molecule has 7 heteroatoms. The van der Waals surface area contributed by atoms with E-state index in [9.17, 15) is 14.9 Å². The molecule has 0 aliphatic rings. The van der Waals surface area contributed by atoms with E-state index in [1.807, 2.05) is 0 Å². The molecule has 0 saturated heterocycles. The van der Waals surface area contributed by atoms with Crippen LogP contribution in [0.1, 0.15) is 10.4 Å². The highest BCUT2D eigenvalue weighted by Crippen LogP contribution is 2.26. The second kappa shape index (κ2) is 5.04. The second-order valence-electron chi connectivity index (χ2n) is 4.22. The van der Waals surface area contributed by atoms with Crippen molar-refractivity contribution in [3.63, 3.8) is 0 Å². The Morgan fingerprint density at radius 3 is 2.71 bits per heavy atom. The van der Waals surface area contributed by atoms with Gasteiger partial charge in [0, 0.05) is 12.3 Å². The van der Waals surface area contributed by atoms with E-state index in [0.717, 1.165) is 0 Å². The van der Waals surface area contributed by atoms with E-state index in [1.165, 1.54) is 23.2 Å². The SMILES string of the molecule is O=Cc1cn(-c2ccccc2[N+](=O)[O-])nc1-c1ccco1. The Labute approximate surface area is 118 Å². The number of nitro groups is 1. The summed E-state index contributed by atoms with van der Waals surface area (Å²) in [6.45, 7) is 0. The number of rotatable bonds is 4. The van der Waals surface area contributed by atoms with E-state index in [2.05, 4.69) is 5.10 Å². The molecular formula is C14H9N3O4. The Morgan fingerprint density at radius 2 is 2.05 bits per heavy atom. The normalized spacial score (nSPS) is 10.5. The predicted octanol–water partition coefficient (Wildman–Crippen LogP) is 2.85. The number of furan rings is 1. The number of hydrogen-bond donors (Lipinski definition) is 0. The predicted molar refractivity (Wildman–Crippen MR) is 73.3 cm³/mol. The standard InChI is InChI=1S/C14H9N3O4/c18-9-10-8-16(15-14(10)13-6-3-7-21-13)11-4-1-2-5-12(11)17(19)20/h1-9H. The van der Waals surface area contributed by atoms with E-state index >= 15 is 0 Å². The summed E-state index contributed by atoms with van der Waals surface area (Å²) in [6.07, 6.45) is 3.54. The average molecular weight is 283 g/mol. The van der Waals surface area contributed by atoms with Crippen LogP contribution >= 0.6 is 0 Å². The van der Waals surface area contributed by atoms with Crippen molar-refractivity contribution >= 4 is 12.0 Å². The van der Waals surface area contributed by atoms with Crippen LogP contribution < -0.4 is 0 Å². The Balaban J connectivity index is 2.17. The van der Waals surface area contributed by atoms with Gasteiger partial charge in [-0.05, 0) is 18.2 Å². The molecule has 21 heavy (non-hydrogen) atoms. The summed E-state index contributed by atoms with van der Waals surface area (Å²) in [5.41, 5.74) is 0.822. The maximum absolute atomic E-state index is 11.2. The topological polar surface area (TPSA) is 91.2 Å². The molecule has 0 fully saturated rings. The number of carbonyl (C=O) groups excluding carboxylic acids is 1. The van der Waals surface area contributed by atoms with Gasteiger partial charge < -0.3 is 4.42 Å². The maximum Gasteiger partial charge on any atom is 0.294 e. The van der Waals surface area contributed by atoms with Gasteiger partial charge in [0.05, 0.1) is 16.7 Å². The number of benzene rings is 1. The maximum atomic E-state index is 11.2. The van der Waals surface area contributed by atoms with Crippen LogP contribution in [0.3, 0.4) is 0 Å². The van der Waals surface area contributed by atoms with Crippen LogP contribution in [0.25, 0.3) is 17.1 Å². The Morgan fingerprint density at radius 1 is 1.24 bits per heavy atom. The summed E-state index contributed by atoms with van der Waals surface area (Å²) in [7, 11) is 0. The van der Waals surface area contributed by atoms with Gasteiger partial charge >= 0.3 is 0 Å². The molecule has 0 N–H and O–H groups in total. The molecule has 0 atom stereocenters. The molecule has 1 aromatic carbocycles. The van der Waals surface area contributed by atoms with Crippen molar-refractivity contribution in [1.82, 2.24) is 9.78 Å². The van der Waals surface area contributed by atoms with Crippen LogP contribution in [0.2, 0.25) is 0 Å². The minimum absolute atomic E-state index is 0.0940. The number of para-hydroxylation sites is 2. The summed E-state index contributed by atoms with van der Waals surface area (Å²) >= 11 is 0. The molecule has 0 saturated carbocycles. The third-order valence-corrected chi connectivity index (χ3v) is 2.95. The van der Waals surface area contributed by atoms with E-state index in [0.29, 0.717) is 23.3 Å². The Bertz CT molecular complexity index is 806. The molecule has 2 aromatic heterocycles. The lowest BCUT2D eigenvalue weighted by molar-refractivity contribution is -0.384. The molecular weight excluding hydrogens is 274 g/mol. The fourth-order valence-electron chi connectivity index (χ4n) is 2.01. The second-order valence-corrected chi connectivity index (χ2v) is 4.22. The van der Waals surface area contributed by atoms with Gasteiger partial charge in [-0.15, -0.1) is 0 Å². The van der Waals surface area contributed by atoms with Crippen LogP contribution in [0.5, 0.6) is 0 Å². The molecule has 0 unspecified atom stereocenters. The summed E-state index contributed by atoms with van der Waals surface area (Å²) in [4.78, 5) is 21.7. The monoisotopic (exact) mass is 283 g/mol. The summed E-state index contributed by atoms with van der Waals surface area (Å²) < 4.78 is 6.53. The number of hydrogen-bond acceptors (Lipinski definition) is 5. The van der Waals surface area contributed by atoms with Gasteiger partial charge in [0.25, 0.3) is 5.69 Å². The fourth-order valence-corrected chi connectivity index (χ4v) is 2.01. The Hall–Kier alpha value is -3.22. The smallest absolute Gasteiger partial charge is 0.294 e. The highest BCUT2D eigenvalue weighted by atomic mass is 16.6. The molecule has 2 heterocycles. The van der Waals surface area contributed by atoms with Gasteiger partial charge in [-0.25, -0.2) is 4.68 Å². The van der Waals surface area contributed by atoms with Gasteiger partial charge in [-0.1, -0.05) is 12.1 Å². The zero-order valence-electron chi connectivity index (χ0n) is 10.7. The molecule has 0 amide bonds. The highest BCUT2D eigenvalue weighted by Gasteiger charge is 2.19. The van der Waals surface area contributed by atoms with Crippen LogP contribution in [0, 0.1) is 10.1 Å². The average Bonchev–Trinajstić information content (AvgIpc) is 3.15. The lowest BCUT2D eigenvalue weighted by Gasteiger charge is -2.01.